The predicted molar refractivity (Wildman–Crippen MR) is 71.0 cm³/mol. The number of ether oxygens (including phenoxy) is 1. The average Bonchev–Trinajstić information content (AvgIpc) is 2.74. The van der Waals surface area contributed by atoms with E-state index >= 15 is 0 Å². The van der Waals surface area contributed by atoms with Crippen LogP contribution in [-0.4, -0.2) is 43.3 Å². The number of likely N-dealkylation sites (N-methyl/N-ethyl adjacent to an activating group) is 1. The molecule has 0 radical (unpaired) electrons. The number of nitrogens with two attached hydrogens (primary N) is 1. The van der Waals surface area contributed by atoms with Crippen molar-refractivity contribution in [3.05, 3.63) is 0 Å². The molecule has 1 heterocycles. The lowest BCUT2D eigenvalue weighted by atomic mass is 9.83. The van der Waals surface area contributed by atoms with E-state index in [0.717, 1.165) is 13.1 Å². The van der Waals surface area contributed by atoms with Gasteiger partial charge >= 0.3 is 0 Å². The van der Waals surface area contributed by atoms with Crippen molar-refractivity contribution in [3.63, 3.8) is 0 Å². The van der Waals surface area contributed by atoms with Crippen molar-refractivity contribution < 1.29 is 4.74 Å². The lowest BCUT2D eigenvalue weighted by Crippen LogP contribution is -2.45. The van der Waals surface area contributed by atoms with Crippen molar-refractivity contribution in [1.29, 1.82) is 0 Å². The van der Waals surface area contributed by atoms with Gasteiger partial charge in [-0.15, -0.1) is 0 Å². The molecular formula is C14H28N2O. The topological polar surface area (TPSA) is 38.5 Å². The van der Waals surface area contributed by atoms with E-state index in [1.165, 1.54) is 38.5 Å². The van der Waals surface area contributed by atoms with Crippen LogP contribution >= 0.6 is 0 Å². The van der Waals surface area contributed by atoms with Crippen LogP contribution in [0.4, 0.5) is 0 Å². The average molecular weight is 240 g/mol. The van der Waals surface area contributed by atoms with Crippen molar-refractivity contribution in [2.24, 2.45) is 11.7 Å². The Morgan fingerprint density at radius 1 is 1.18 bits per heavy atom. The van der Waals surface area contributed by atoms with E-state index in [0.29, 0.717) is 24.2 Å². The number of rotatable bonds is 4. The molecule has 3 heteroatoms. The summed E-state index contributed by atoms with van der Waals surface area (Å²) in [5.41, 5.74) is 5.90. The van der Waals surface area contributed by atoms with Crippen molar-refractivity contribution in [3.8, 4) is 0 Å². The maximum atomic E-state index is 5.92. The first-order chi connectivity index (χ1) is 8.20. The summed E-state index contributed by atoms with van der Waals surface area (Å²) in [7, 11) is 2.25. The quantitative estimate of drug-likeness (QED) is 0.817. The molecular weight excluding hydrogens is 212 g/mol. The molecule has 1 aliphatic carbocycles. The predicted octanol–water partition coefficient (Wildman–Crippen LogP) is 2.00. The lowest BCUT2D eigenvalue weighted by Gasteiger charge is -2.38. The maximum absolute atomic E-state index is 5.92. The summed E-state index contributed by atoms with van der Waals surface area (Å²) in [6.07, 6.45) is 8.74. The second-order valence-corrected chi connectivity index (χ2v) is 5.93. The normalized spacial score (nSPS) is 38.8. The van der Waals surface area contributed by atoms with Gasteiger partial charge in [0.15, 0.2) is 0 Å². The Labute approximate surface area is 106 Å². The van der Waals surface area contributed by atoms with Crippen LogP contribution in [0.15, 0.2) is 0 Å². The van der Waals surface area contributed by atoms with Gasteiger partial charge in [-0.25, -0.2) is 0 Å². The van der Waals surface area contributed by atoms with Crippen molar-refractivity contribution >= 4 is 0 Å². The van der Waals surface area contributed by atoms with Crippen molar-refractivity contribution in [1.82, 2.24) is 4.90 Å². The van der Waals surface area contributed by atoms with Gasteiger partial charge in [-0.1, -0.05) is 12.8 Å². The molecule has 1 aliphatic heterocycles. The van der Waals surface area contributed by atoms with Gasteiger partial charge in [0, 0.05) is 12.6 Å². The monoisotopic (exact) mass is 240 g/mol. The molecule has 100 valence electrons. The van der Waals surface area contributed by atoms with Gasteiger partial charge in [0.05, 0.1) is 12.2 Å². The van der Waals surface area contributed by atoms with Crippen LogP contribution in [-0.2, 0) is 4.74 Å². The molecule has 3 nitrogen and oxygen atoms in total. The minimum absolute atomic E-state index is 0.454. The molecule has 17 heavy (non-hydrogen) atoms. The summed E-state index contributed by atoms with van der Waals surface area (Å²) >= 11 is 0. The molecule has 4 unspecified atom stereocenters. The number of nitrogens with zero attached hydrogens (tertiary/aromatic N) is 1. The zero-order valence-corrected chi connectivity index (χ0v) is 11.4. The highest BCUT2D eigenvalue weighted by molar-refractivity contribution is 4.84. The van der Waals surface area contributed by atoms with Gasteiger partial charge in [-0.05, 0) is 52.1 Å². The van der Waals surface area contributed by atoms with Crippen molar-refractivity contribution in [2.45, 2.75) is 63.7 Å². The van der Waals surface area contributed by atoms with Crippen LogP contribution in [0.5, 0.6) is 0 Å². The summed E-state index contributed by atoms with van der Waals surface area (Å²) in [4.78, 5) is 2.51. The zero-order chi connectivity index (χ0) is 12.3. The van der Waals surface area contributed by atoms with Crippen LogP contribution in [0.25, 0.3) is 0 Å². The first-order valence-electron chi connectivity index (χ1n) is 7.26. The largest absolute Gasteiger partial charge is 0.374 e. The molecule has 4 atom stereocenters. The molecule has 0 amide bonds. The van der Waals surface area contributed by atoms with Gasteiger partial charge < -0.3 is 15.4 Å². The second kappa shape index (κ2) is 6.17. The van der Waals surface area contributed by atoms with Gasteiger partial charge in [0.25, 0.3) is 0 Å². The highest BCUT2D eigenvalue weighted by Crippen LogP contribution is 2.28. The molecule has 1 saturated heterocycles. The van der Waals surface area contributed by atoms with E-state index in [4.69, 9.17) is 10.5 Å². The molecule has 2 aliphatic rings. The second-order valence-electron chi connectivity index (χ2n) is 5.93. The SMILES string of the molecule is CC1CCC(CN(C)C2CCCCC2CN)O1. The zero-order valence-electron chi connectivity index (χ0n) is 11.4. The molecule has 0 aromatic rings. The van der Waals surface area contributed by atoms with E-state index in [1.807, 2.05) is 0 Å². The Kier molecular flexibility index (Phi) is 4.83. The highest BCUT2D eigenvalue weighted by Gasteiger charge is 2.30. The Bertz CT molecular complexity index is 234. The van der Waals surface area contributed by atoms with E-state index in [9.17, 15) is 0 Å². The smallest absolute Gasteiger partial charge is 0.0706 e. The molecule has 2 rings (SSSR count). The maximum Gasteiger partial charge on any atom is 0.0706 e. The molecule has 0 bridgehead atoms. The number of hydrogen-bond acceptors (Lipinski definition) is 3. The summed E-state index contributed by atoms with van der Waals surface area (Å²) in [5, 5.41) is 0. The molecule has 0 spiro atoms. The third-order valence-corrected chi connectivity index (χ3v) is 4.55. The van der Waals surface area contributed by atoms with Gasteiger partial charge in [0.2, 0.25) is 0 Å². The molecule has 2 fully saturated rings. The van der Waals surface area contributed by atoms with Crippen LogP contribution in [0.1, 0.15) is 45.4 Å². The Hall–Kier alpha value is -0.120. The van der Waals surface area contributed by atoms with Gasteiger partial charge in [-0.3, -0.25) is 0 Å². The summed E-state index contributed by atoms with van der Waals surface area (Å²) < 4.78 is 5.92. The van der Waals surface area contributed by atoms with Crippen molar-refractivity contribution in [2.75, 3.05) is 20.1 Å². The van der Waals surface area contributed by atoms with E-state index in [2.05, 4.69) is 18.9 Å². The summed E-state index contributed by atoms with van der Waals surface area (Å²) in [6.45, 7) is 4.12. The highest BCUT2D eigenvalue weighted by atomic mass is 16.5. The lowest BCUT2D eigenvalue weighted by molar-refractivity contribution is 0.0165. The van der Waals surface area contributed by atoms with Gasteiger partial charge in [0.1, 0.15) is 0 Å². The Morgan fingerprint density at radius 2 is 1.94 bits per heavy atom. The van der Waals surface area contributed by atoms with Gasteiger partial charge in [-0.2, -0.15) is 0 Å². The van der Waals surface area contributed by atoms with Crippen LogP contribution in [0.2, 0.25) is 0 Å². The number of hydrogen-bond donors (Lipinski definition) is 1. The molecule has 2 N–H and O–H groups in total. The van der Waals surface area contributed by atoms with Crippen LogP contribution in [0.3, 0.4) is 0 Å². The standard InChI is InChI=1S/C14H28N2O/c1-11-7-8-13(17-11)10-16(2)14-6-4-3-5-12(14)9-15/h11-14H,3-10,15H2,1-2H3. The minimum Gasteiger partial charge on any atom is -0.374 e. The van der Waals surface area contributed by atoms with E-state index in [1.54, 1.807) is 0 Å². The van der Waals surface area contributed by atoms with E-state index < -0.39 is 0 Å². The third kappa shape index (κ3) is 3.43. The Morgan fingerprint density at radius 3 is 2.59 bits per heavy atom. The molecule has 1 saturated carbocycles. The summed E-state index contributed by atoms with van der Waals surface area (Å²) in [5.74, 6) is 0.701. The fraction of sp³-hybridized carbons (Fsp3) is 1.00. The fourth-order valence-electron chi connectivity index (χ4n) is 3.52. The summed E-state index contributed by atoms with van der Waals surface area (Å²) in [6, 6.07) is 0.688. The minimum atomic E-state index is 0.454. The first kappa shape index (κ1) is 13.3. The molecule has 0 aromatic heterocycles. The van der Waals surface area contributed by atoms with E-state index in [-0.39, 0.29) is 0 Å². The van der Waals surface area contributed by atoms with Crippen LogP contribution in [0, 0.1) is 5.92 Å². The third-order valence-electron chi connectivity index (χ3n) is 4.55. The van der Waals surface area contributed by atoms with Crippen LogP contribution < -0.4 is 5.73 Å². The molecule has 0 aromatic carbocycles. The fourth-order valence-corrected chi connectivity index (χ4v) is 3.52. The first-order valence-corrected chi connectivity index (χ1v) is 7.26. The Balaban J connectivity index is 1.83.